The summed E-state index contributed by atoms with van der Waals surface area (Å²) in [5.41, 5.74) is 1.36. The second-order valence-electron chi connectivity index (χ2n) is 5.57. The van der Waals surface area contributed by atoms with Crippen molar-refractivity contribution in [1.29, 1.82) is 0 Å². The van der Waals surface area contributed by atoms with Crippen LogP contribution in [-0.4, -0.2) is 24.0 Å². The quantitative estimate of drug-likeness (QED) is 0.839. The topological polar surface area (TPSA) is 54.0 Å². The number of hydrogen-bond donors (Lipinski definition) is 2. The number of pyridine rings is 1. The van der Waals surface area contributed by atoms with E-state index >= 15 is 0 Å². The lowest BCUT2D eigenvalue weighted by Crippen LogP contribution is -2.44. The lowest BCUT2D eigenvalue weighted by atomic mass is 9.74. The molecule has 1 fully saturated rings. The number of carbonyl (C=O) groups excluding carboxylic acids is 1. The second kappa shape index (κ2) is 6.55. The Morgan fingerprint density at radius 1 is 1.50 bits per heavy atom. The molecule has 0 aliphatic carbocycles. The van der Waals surface area contributed by atoms with Crippen molar-refractivity contribution in [3.05, 3.63) is 23.0 Å². The monoisotopic (exact) mass is 295 g/mol. The average molecular weight is 296 g/mol. The Balaban J connectivity index is 2.13. The summed E-state index contributed by atoms with van der Waals surface area (Å²) in [7, 11) is 0. The Morgan fingerprint density at radius 2 is 2.20 bits per heavy atom. The summed E-state index contributed by atoms with van der Waals surface area (Å²) in [5.74, 6) is 0.115. The van der Waals surface area contributed by atoms with E-state index < -0.39 is 0 Å². The summed E-state index contributed by atoms with van der Waals surface area (Å²) in [6.07, 6.45) is 5.36. The normalized spacial score (nSPS) is 17.8. The van der Waals surface area contributed by atoms with Gasteiger partial charge in [0.15, 0.2) is 0 Å². The smallest absolute Gasteiger partial charge is 0.230 e. The molecule has 110 valence electrons. The van der Waals surface area contributed by atoms with Gasteiger partial charge in [-0.15, -0.1) is 0 Å². The second-order valence-corrected chi connectivity index (χ2v) is 5.92. The van der Waals surface area contributed by atoms with Crippen LogP contribution in [0.1, 0.15) is 38.2 Å². The Labute approximate surface area is 125 Å². The summed E-state index contributed by atoms with van der Waals surface area (Å²) in [4.78, 5) is 16.8. The van der Waals surface area contributed by atoms with Crippen LogP contribution in [0.3, 0.4) is 0 Å². The minimum absolute atomic E-state index is 0.115. The first-order valence-electron chi connectivity index (χ1n) is 7.22. The first-order valence-corrected chi connectivity index (χ1v) is 7.59. The fourth-order valence-electron chi connectivity index (χ4n) is 2.86. The van der Waals surface area contributed by atoms with E-state index in [0.717, 1.165) is 50.0 Å². The molecule has 1 aliphatic heterocycles. The minimum atomic E-state index is -0.243. The molecule has 0 atom stereocenters. The standard InChI is InChI=1S/C15H22ClN3O/c1-3-4-15(5-7-17-8-6-15)14(20)19-12-9-11(2)13(16)18-10-12/h9-10,17H,3-8H2,1-2H3,(H,19,20). The average Bonchev–Trinajstić information content (AvgIpc) is 2.44. The molecule has 5 heteroatoms. The van der Waals surface area contributed by atoms with Gasteiger partial charge >= 0.3 is 0 Å². The van der Waals surface area contributed by atoms with Crippen molar-refractivity contribution in [2.24, 2.45) is 5.41 Å². The molecule has 0 radical (unpaired) electrons. The number of rotatable bonds is 4. The molecule has 4 nitrogen and oxygen atoms in total. The van der Waals surface area contributed by atoms with Crippen LogP contribution in [0.15, 0.2) is 12.3 Å². The van der Waals surface area contributed by atoms with Crippen LogP contribution < -0.4 is 10.6 Å². The summed E-state index contributed by atoms with van der Waals surface area (Å²) < 4.78 is 0. The maximum Gasteiger partial charge on any atom is 0.230 e. The van der Waals surface area contributed by atoms with Crippen molar-refractivity contribution < 1.29 is 4.79 Å². The van der Waals surface area contributed by atoms with E-state index in [1.165, 1.54) is 0 Å². The first kappa shape index (κ1) is 15.3. The van der Waals surface area contributed by atoms with Gasteiger partial charge in [0.1, 0.15) is 5.15 Å². The Morgan fingerprint density at radius 3 is 2.80 bits per heavy atom. The van der Waals surface area contributed by atoms with E-state index in [1.54, 1.807) is 6.20 Å². The van der Waals surface area contributed by atoms with Crippen LogP contribution in [0, 0.1) is 12.3 Å². The van der Waals surface area contributed by atoms with E-state index in [9.17, 15) is 4.79 Å². The maximum atomic E-state index is 12.7. The summed E-state index contributed by atoms with van der Waals surface area (Å²) in [6.45, 7) is 5.83. The molecular formula is C15H22ClN3O. The third-order valence-corrected chi connectivity index (χ3v) is 4.44. The Hall–Kier alpha value is -1.13. The molecule has 0 saturated carbocycles. The van der Waals surface area contributed by atoms with Gasteiger partial charge in [0, 0.05) is 0 Å². The molecular weight excluding hydrogens is 274 g/mol. The number of aryl methyl sites for hydroxylation is 1. The lowest BCUT2D eigenvalue weighted by molar-refractivity contribution is -0.127. The molecule has 2 rings (SSSR count). The zero-order chi connectivity index (χ0) is 14.6. The van der Waals surface area contributed by atoms with Crippen LogP contribution in [0.5, 0.6) is 0 Å². The molecule has 1 aromatic heterocycles. The van der Waals surface area contributed by atoms with Gasteiger partial charge in [0.25, 0.3) is 0 Å². The summed E-state index contributed by atoms with van der Waals surface area (Å²) >= 11 is 5.91. The third kappa shape index (κ3) is 3.30. The number of piperidine rings is 1. The van der Waals surface area contributed by atoms with Crippen molar-refractivity contribution in [2.75, 3.05) is 18.4 Å². The van der Waals surface area contributed by atoms with E-state index in [1.807, 2.05) is 13.0 Å². The third-order valence-electron chi connectivity index (χ3n) is 4.04. The number of carbonyl (C=O) groups is 1. The fourth-order valence-corrected chi connectivity index (χ4v) is 2.97. The predicted molar refractivity (Wildman–Crippen MR) is 82.1 cm³/mol. The Kier molecular flexibility index (Phi) is 5.00. The van der Waals surface area contributed by atoms with Crippen molar-refractivity contribution in [2.45, 2.75) is 39.5 Å². The number of anilines is 1. The van der Waals surface area contributed by atoms with E-state index in [4.69, 9.17) is 11.6 Å². The number of nitrogens with zero attached hydrogens (tertiary/aromatic N) is 1. The molecule has 0 bridgehead atoms. The molecule has 1 amide bonds. The van der Waals surface area contributed by atoms with Gasteiger partial charge in [-0.25, -0.2) is 4.98 Å². The van der Waals surface area contributed by atoms with Crippen LogP contribution in [0.4, 0.5) is 5.69 Å². The van der Waals surface area contributed by atoms with Gasteiger partial charge in [-0.2, -0.15) is 0 Å². The van der Waals surface area contributed by atoms with Gasteiger partial charge < -0.3 is 10.6 Å². The highest BCUT2D eigenvalue weighted by molar-refractivity contribution is 6.30. The van der Waals surface area contributed by atoms with Gasteiger partial charge in [0.05, 0.1) is 17.3 Å². The summed E-state index contributed by atoms with van der Waals surface area (Å²) in [6, 6.07) is 1.87. The number of amides is 1. The van der Waals surface area contributed by atoms with E-state index in [0.29, 0.717) is 5.15 Å². The highest BCUT2D eigenvalue weighted by Gasteiger charge is 2.38. The van der Waals surface area contributed by atoms with E-state index in [2.05, 4.69) is 22.5 Å². The first-order chi connectivity index (χ1) is 9.57. The molecule has 1 aromatic rings. The van der Waals surface area contributed by atoms with Gasteiger partial charge in [0.2, 0.25) is 5.91 Å². The fraction of sp³-hybridized carbons (Fsp3) is 0.600. The van der Waals surface area contributed by atoms with Crippen molar-refractivity contribution in [3.8, 4) is 0 Å². The van der Waals surface area contributed by atoms with Gasteiger partial charge in [-0.3, -0.25) is 4.79 Å². The predicted octanol–water partition coefficient (Wildman–Crippen LogP) is 3.15. The molecule has 2 heterocycles. The SMILES string of the molecule is CCCC1(C(=O)Nc2cnc(Cl)c(C)c2)CCNCC1. The molecule has 0 aromatic carbocycles. The molecule has 1 aliphatic rings. The molecule has 2 N–H and O–H groups in total. The molecule has 0 unspecified atom stereocenters. The van der Waals surface area contributed by atoms with Crippen LogP contribution in [-0.2, 0) is 4.79 Å². The maximum absolute atomic E-state index is 12.7. The number of aromatic nitrogens is 1. The zero-order valence-electron chi connectivity index (χ0n) is 12.1. The lowest BCUT2D eigenvalue weighted by Gasteiger charge is -2.36. The highest BCUT2D eigenvalue weighted by atomic mass is 35.5. The summed E-state index contributed by atoms with van der Waals surface area (Å²) in [5, 5.41) is 6.82. The zero-order valence-corrected chi connectivity index (χ0v) is 12.9. The number of nitrogens with one attached hydrogen (secondary N) is 2. The number of halogens is 1. The van der Waals surface area contributed by atoms with Crippen molar-refractivity contribution in [3.63, 3.8) is 0 Å². The van der Waals surface area contributed by atoms with Crippen molar-refractivity contribution in [1.82, 2.24) is 10.3 Å². The van der Waals surface area contributed by atoms with Gasteiger partial charge in [-0.1, -0.05) is 24.9 Å². The number of hydrogen-bond acceptors (Lipinski definition) is 3. The van der Waals surface area contributed by atoms with Crippen LogP contribution in [0.2, 0.25) is 5.15 Å². The largest absolute Gasteiger partial charge is 0.324 e. The van der Waals surface area contributed by atoms with Gasteiger partial charge in [-0.05, 0) is 50.9 Å². The van der Waals surface area contributed by atoms with Crippen LogP contribution >= 0.6 is 11.6 Å². The Bertz CT molecular complexity index is 478. The van der Waals surface area contributed by atoms with Crippen LogP contribution in [0.25, 0.3) is 0 Å². The van der Waals surface area contributed by atoms with Crippen molar-refractivity contribution >= 4 is 23.2 Å². The molecule has 20 heavy (non-hydrogen) atoms. The van der Waals surface area contributed by atoms with E-state index in [-0.39, 0.29) is 11.3 Å². The molecule has 0 spiro atoms. The molecule has 1 saturated heterocycles. The minimum Gasteiger partial charge on any atom is -0.324 e. The highest BCUT2D eigenvalue weighted by Crippen LogP contribution is 2.35.